The molecule has 3 N–H and O–H groups in total. The van der Waals surface area contributed by atoms with Crippen molar-refractivity contribution in [1.29, 1.82) is 0 Å². The summed E-state index contributed by atoms with van der Waals surface area (Å²) in [7, 11) is 0. The van der Waals surface area contributed by atoms with Gasteiger partial charge in [0.25, 0.3) is 5.91 Å². The van der Waals surface area contributed by atoms with Gasteiger partial charge < -0.3 is 11.1 Å². The number of thiophene rings is 1. The number of benzene rings is 2. The van der Waals surface area contributed by atoms with E-state index in [-0.39, 0.29) is 5.91 Å². The van der Waals surface area contributed by atoms with Gasteiger partial charge in [0.1, 0.15) is 0 Å². The molecule has 0 radical (unpaired) electrons. The van der Waals surface area contributed by atoms with Gasteiger partial charge in [-0.2, -0.15) is 11.3 Å². The van der Waals surface area contributed by atoms with E-state index in [9.17, 15) is 4.79 Å². The molecule has 4 heteroatoms. The Bertz CT molecular complexity index is 735. The molecule has 19 heavy (non-hydrogen) atoms. The first-order valence-electron chi connectivity index (χ1n) is 5.86. The maximum absolute atomic E-state index is 12.2. The highest BCUT2D eigenvalue weighted by molar-refractivity contribution is 7.08. The summed E-state index contributed by atoms with van der Waals surface area (Å²) in [6.45, 7) is 0. The highest BCUT2D eigenvalue weighted by atomic mass is 32.1. The van der Waals surface area contributed by atoms with E-state index in [1.165, 1.54) is 11.3 Å². The van der Waals surface area contributed by atoms with E-state index >= 15 is 0 Å². The molecular weight excluding hydrogens is 256 g/mol. The van der Waals surface area contributed by atoms with Crippen LogP contribution < -0.4 is 11.1 Å². The van der Waals surface area contributed by atoms with E-state index in [1.807, 2.05) is 53.2 Å². The van der Waals surface area contributed by atoms with Crippen LogP contribution in [0.4, 0.5) is 11.4 Å². The van der Waals surface area contributed by atoms with Crippen molar-refractivity contribution in [2.45, 2.75) is 0 Å². The predicted octanol–water partition coefficient (Wildman–Crippen LogP) is 3.74. The van der Waals surface area contributed by atoms with Gasteiger partial charge in [-0.1, -0.05) is 24.3 Å². The van der Waals surface area contributed by atoms with Crippen molar-refractivity contribution in [2.24, 2.45) is 0 Å². The average Bonchev–Trinajstić information content (AvgIpc) is 2.90. The molecule has 0 spiro atoms. The molecule has 94 valence electrons. The molecule has 0 bridgehead atoms. The zero-order valence-electron chi connectivity index (χ0n) is 10.1. The number of carbonyl (C=O) groups is 1. The van der Waals surface area contributed by atoms with Crippen LogP contribution in [0.3, 0.4) is 0 Å². The van der Waals surface area contributed by atoms with Crippen molar-refractivity contribution >= 4 is 39.4 Å². The van der Waals surface area contributed by atoms with Gasteiger partial charge in [0.2, 0.25) is 0 Å². The van der Waals surface area contributed by atoms with Gasteiger partial charge in [-0.25, -0.2) is 0 Å². The van der Waals surface area contributed by atoms with Gasteiger partial charge in [-0.05, 0) is 34.4 Å². The molecule has 3 nitrogen and oxygen atoms in total. The Morgan fingerprint density at radius 1 is 1.11 bits per heavy atom. The highest BCUT2D eigenvalue weighted by Gasteiger charge is 2.11. The van der Waals surface area contributed by atoms with Crippen molar-refractivity contribution in [2.75, 3.05) is 11.1 Å². The van der Waals surface area contributed by atoms with Crippen LogP contribution >= 0.6 is 11.3 Å². The lowest BCUT2D eigenvalue weighted by Crippen LogP contribution is -2.13. The van der Waals surface area contributed by atoms with Gasteiger partial charge in [-0.15, -0.1) is 0 Å². The minimum Gasteiger partial charge on any atom is -0.398 e. The van der Waals surface area contributed by atoms with Gasteiger partial charge in [0.05, 0.1) is 11.3 Å². The van der Waals surface area contributed by atoms with Crippen molar-refractivity contribution < 1.29 is 4.79 Å². The van der Waals surface area contributed by atoms with Crippen LogP contribution in [0, 0.1) is 0 Å². The first kappa shape index (κ1) is 11.7. The number of nitrogen functional groups attached to an aromatic ring is 1. The Labute approximate surface area is 114 Å². The molecule has 0 atom stereocenters. The van der Waals surface area contributed by atoms with Crippen LogP contribution in [0.25, 0.3) is 10.8 Å². The number of carbonyl (C=O) groups excluding carboxylic acids is 1. The number of fused-ring (bicyclic) bond motifs is 1. The fourth-order valence-corrected chi connectivity index (χ4v) is 2.58. The van der Waals surface area contributed by atoms with E-state index < -0.39 is 0 Å². The largest absolute Gasteiger partial charge is 0.398 e. The Morgan fingerprint density at radius 2 is 1.84 bits per heavy atom. The van der Waals surface area contributed by atoms with Crippen LogP contribution in [-0.2, 0) is 0 Å². The lowest BCUT2D eigenvalue weighted by Gasteiger charge is -2.08. The molecule has 2 aromatic carbocycles. The maximum atomic E-state index is 12.2. The second-order valence-corrected chi connectivity index (χ2v) is 5.03. The number of hydrogen-bond donors (Lipinski definition) is 2. The summed E-state index contributed by atoms with van der Waals surface area (Å²) >= 11 is 1.54. The summed E-state index contributed by atoms with van der Waals surface area (Å²) in [5.41, 5.74) is 7.75. The standard InChI is InChI=1S/C15H12N2OS/c16-14-8-11-4-2-1-3-10(11)7-13(14)15(18)17-12-5-6-19-9-12/h1-9H,16H2,(H,17,18). The fraction of sp³-hybridized carbons (Fsp3) is 0. The van der Waals surface area contributed by atoms with Crippen LogP contribution in [0.5, 0.6) is 0 Å². The third kappa shape index (κ3) is 2.30. The van der Waals surface area contributed by atoms with E-state index in [0.717, 1.165) is 16.5 Å². The first-order valence-corrected chi connectivity index (χ1v) is 6.80. The summed E-state index contributed by atoms with van der Waals surface area (Å²) in [6.07, 6.45) is 0. The predicted molar refractivity (Wildman–Crippen MR) is 80.6 cm³/mol. The smallest absolute Gasteiger partial charge is 0.257 e. The summed E-state index contributed by atoms with van der Waals surface area (Å²) < 4.78 is 0. The Kier molecular flexibility index (Phi) is 2.93. The minimum atomic E-state index is -0.179. The van der Waals surface area contributed by atoms with Crippen molar-refractivity contribution in [3.63, 3.8) is 0 Å². The second-order valence-electron chi connectivity index (χ2n) is 4.25. The third-order valence-electron chi connectivity index (χ3n) is 2.94. The monoisotopic (exact) mass is 268 g/mol. The lowest BCUT2D eigenvalue weighted by molar-refractivity contribution is 0.102. The van der Waals surface area contributed by atoms with E-state index in [2.05, 4.69) is 5.32 Å². The minimum absolute atomic E-state index is 0.179. The van der Waals surface area contributed by atoms with Crippen LogP contribution in [-0.4, -0.2) is 5.91 Å². The number of nitrogens with one attached hydrogen (secondary N) is 1. The molecule has 0 unspecified atom stereocenters. The number of amides is 1. The van der Waals surface area contributed by atoms with Crippen molar-refractivity contribution in [3.05, 3.63) is 58.8 Å². The molecular formula is C15H12N2OS. The van der Waals surface area contributed by atoms with Gasteiger partial charge in [0.15, 0.2) is 0 Å². The zero-order valence-corrected chi connectivity index (χ0v) is 10.9. The Hall–Kier alpha value is -2.33. The number of nitrogens with two attached hydrogens (primary N) is 1. The van der Waals surface area contributed by atoms with Crippen LogP contribution in [0.15, 0.2) is 53.2 Å². The lowest BCUT2D eigenvalue weighted by atomic mass is 10.0. The molecule has 1 aromatic heterocycles. The molecule has 0 aliphatic carbocycles. The molecule has 0 saturated heterocycles. The molecule has 3 rings (SSSR count). The average molecular weight is 268 g/mol. The van der Waals surface area contributed by atoms with E-state index in [4.69, 9.17) is 5.73 Å². The Morgan fingerprint density at radius 3 is 2.53 bits per heavy atom. The molecule has 1 amide bonds. The van der Waals surface area contributed by atoms with Gasteiger partial charge in [0, 0.05) is 11.1 Å². The van der Waals surface area contributed by atoms with Crippen molar-refractivity contribution in [3.8, 4) is 0 Å². The van der Waals surface area contributed by atoms with Crippen LogP contribution in [0.1, 0.15) is 10.4 Å². The zero-order chi connectivity index (χ0) is 13.2. The number of hydrogen-bond acceptors (Lipinski definition) is 3. The summed E-state index contributed by atoms with van der Waals surface area (Å²) in [6, 6.07) is 13.4. The van der Waals surface area contributed by atoms with Crippen molar-refractivity contribution in [1.82, 2.24) is 0 Å². The van der Waals surface area contributed by atoms with E-state index in [1.54, 1.807) is 0 Å². The first-order chi connectivity index (χ1) is 9.24. The second kappa shape index (κ2) is 4.74. The summed E-state index contributed by atoms with van der Waals surface area (Å²) in [5, 5.41) is 8.68. The van der Waals surface area contributed by atoms with E-state index in [0.29, 0.717) is 11.3 Å². The SMILES string of the molecule is Nc1cc2ccccc2cc1C(=O)Nc1ccsc1. The quantitative estimate of drug-likeness (QED) is 0.696. The highest BCUT2D eigenvalue weighted by Crippen LogP contribution is 2.23. The third-order valence-corrected chi connectivity index (χ3v) is 3.62. The van der Waals surface area contributed by atoms with Gasteiger partial charge >= 0.3 is 0 Å². The Balaban J connectivity index is 1.99. The van der Waals surface area contributed by atoms with Crippen LogP contribution in [0.2, 0.25) is 0 Å². The molecule has 0 fully saturated rings. The van der Waals surface area contributed by atoms with Gasteiger partial charge in [-0.3, -0.25) is 4.79 Å². The molecule has 0 aliphatic rings. The molecule has 1 heterocycles. The summed E-state index contributed by atoms with van der Waals surface area (Å²) in [5.74, 6) is -0.179. The normalized spacial score (nSPS) is 10.5. The number of rotatable bonds is 2. The molecule has 0 saturated carbocycles. The topological polar surface area (TPSA) is 55.1 Å². The molecule has 3 aromatic rings. The number of anilines is 2. The maximum Gasteiger partial charge on any atom is 0.257 e. The fourth-order valence-electron chi connectivity index (χ4n) is 1.99. The summed E-state index contributed by atoms with van der Waals surface area (Å²) in [4.78, 5) is 12.2. The molecule has 0 aliphatic heterocycles.